The lowest BCUT2D eigenvalue weighted by molar-refractivity contribution is -0.147. The first-order chi connectivity index (χ1) is 11.1. The minimum Gasteiger partial charge on any atom is -0.469 e. The number of hydrogen-bond donors (Lipinski definition) is 0. The summed E-state index contributed by atoms with van der Waals surface area (Å²) in [5, 5.41) is 9.01. The summed E-state index contributed by atoms with van der Waals surface area (Å²) < 4.78 is 5.00. The highest BCUT2D eigenvalue weighted by molar-refractivity contribution is 5.73. The molecule has 0 fully saturated rings. The largest absolute Gasteiger partial charge is 0.469 e. The lowest BCUT2D eigenvalue weighted by Gasteiger charge is -2.22. The number of nitriles is 1. The molecule has 118 valence electrons. The van der Waals surface area contributed by atoms with Gasteiger partial charge in [-0.2, -0.15) is 5.26 Å². The number of nitrogens with zero attached hydrogens (tertiary/aromatic N) is 1. The maximum Gasteiger partial charge on any atom is 0.309 e. The van der Waals surface area contributed by atoms with Crippen LogP contribution in [0.2, 0.25) is 0 Å². The summed E-state index contributed by atoms with van der Waals surface area (Å²) in [5.41, 5.74) is 2.81. The molecular formula is C20H21NO2. The topological polar surface area (TPSA) is 50.1 Å². The van der Waals surface area contributed by atoms with Gasteiger partial charge >= 0.3 is 5.97 Å². The van der Waals surface area contributed by atoms with Gasteiger partial charge in [0.25, 0.3) is 0 Å². The zero-order valence-electron chi connectivity index (χ0n) is 13.5. The van der Waals surface area contributed by atoms with Gasteiger partial charge in [0, 0.05) is 0 Å². The van der Waals surface area contributed by atoms with Crippen molar-refractivity contribution in [1.29, 1.82) is 5.26 Å². The molecule has 0 N–H and O–H groups in total. The maximum absolute atomic E-state index is 12.2. The number of esters is 1. The van der Waals surface area contributed by atoms with Crippen LogP contribution in [0.1, 0.15) is 23.6 Å². The number of carbonyl (C=O) groups is 1. The van der Waals surface area contributed by atoms with Crippen LogP contribution in [0.5, 0.6) is 0 Å². The summed E-state index contributed by atoms with van der Waals surface area (Å²) in [6.45, 7) is 2.07. The molecule has 2 aromatic carbocycles. The van der Waals surface area contributed by atoms with Crippen molar-refractivity contribution in [2.24, 2.45) is 11.8 Å². The first-order valence-corrected chi connectivity index (χ1v) is 7.75. The van der Waals surface area contributed by atoms with Crippen LogP contribution >= 0.6 is 0 Å². The van der Waals surface area contributed by atoms with Gasteiger partial charge in [0.05, 0.1) is 24.7 Å². The minimum absolute atomic E-state index is 0.149. The van der Waals surface area contributed by atoms with E-state index in [0.29, 0.717) is 12.0 Å². The van der Waals surface area contributed by atoms with Gasteiger partial charge in [0.2, 0.25) is 0 Å². The molecule has 2 atom stereocenters. The Morgan fingerprint density at radius 3 is 2.43 bits per heavy atom. The van der Waals surface area contributed by atoms with Crippen LogP contribution in [0.25, 0.3) is 0 Å². The fourth-order valence-electron chi connectivity index (χ4n) is 2.82. The molecule has 0 aliphatic heterocycles. The summed E-state index contributed by atoms with van der Waals surface area (Å²) in [5.74, 6) is -0.277. The Morgan fingerprint density at radius 2 is 1.78 bits per heavy atom. The molecule has 0 aromatic heterocycles. The third-order valence-corrected chi connectivity index (χ3v) is 4.10. The fourth-order valence-corrected chi connectivity index (χ4v) is 2.82. The zero-order valence-corrected chi connectivity index (χ0v) is 13.5. The third kappa shape index (κ3) is 4.69. The Hall–Kier alpha value is -2.60. The van der Waals surface area contributed by atoms with Gasteiger partial charge in [-0.1, -0.05) is 49.4 Å². The summed E-state index contributed by atoms with van der Waals surface area (Å²) in [6.07, 6.45) is 1.40. The Bertz CT molecular complexity index is 688. The molecule has 23 heavy (non-hydrogen) atoms. The molecule has 2 rings (SSSR count). The molecule has 2 aromatic rings. The molecule has 0 spiro atoms. The van der Waals surface area contributed by atoms with E-state index in [1.165, 1.54) is 12.7 Å². The Kier molecular flexibility index (Phi) is 5.94. The first kappa shape index (κ1) is 16.8. The first-order valence-electron chi connectivity index (χ1n) is 7.75. The number of carbonyl (C=O) groups excluding carboxylic acids is 1. The lowest BCUT2D eigenvalue weighted by Crippen LogP contribution is -2.27. The summed E-state index contributed by atoms with van der Waals surface area (Å²) in [4.78, 5) is 12.2. The lowest BCUT2D eigenvalue weighted by atomic mass is 9.84. The van der Waals surface area contributed by atoms with Gasteiger partial charge in [0.1, 0.15) is 0 Å². The monoisotopic (exact) mass is 307 g/mol. The van der Waals surface area contributed by atoms with Gasteiger partial charge in [0.15, 0.2) is 0 Å². The molecule has 0 amide bonds. The number of methoxy groups -OCH3 is 1. The number of ether oxygens (including phenoxy) is 1. The standard InChI is InChI=1S/C20H21NO2/c1-15(11-16-7-4-3-5-8-16)19(20(22)23-2)13-17-9-6-10-18(12-17)14-21/h3-10,12,15,19H,11,13H2,1-2H3. The van der Waals surface area contributed by atoms with Crippen molar-refractivity contribution in [1.82, 2.24) is 0 Å². The van der Waals surface area contributed by atoms with Crippen molar-refractivity contribution in [3.05, 3.63) is 71.3 Å². The summed E-state index contributed by atoms with van der Waals surface area (Å²) >= 11 is 0. The molecule has 3 heteroatoms. The van der Waals surface area contributed by atoms with Gasteiger partial charge in [-0.3, -0.25) is 4.79 Å². The molecule has 0 saturated carbocycles. The van der Waals surface area contributed by atoms with Crippen LogP contribution in [-0.2, 0) is 22.4 Å². The van der Waals surface area contributed by atoms with Crippen LogP contribution < -0.4 is 0 Å². The van der Waals surface area contributed by atoms with Gasteiger partial charge in [-0.15, -0.1) is 0 Å². The molecule has 2 unspecified atom stereocenters. The Morgan fingerprint density at radius 1 is 1.09 bits per heavy atom. The summed E-state index contributed by atoms with van der Waals surface area (Å²) in [6, 6.07) is 19.7. The number of hydrogen-bond acceptors (Lipinski definition) is 3. The van der Waals surface area contributed by atoms with E-state index < -0.39 is 0 Å². The second-order valence-electron chi connectivity index (χ2n) is 5.81. The minimum atomic E-state index is -0.228. The molecule has 0 aliphatic rings. The van der Waals surface area contributed by atoms with Gasteiger partial charge in [-0.05, 0) is 42.0 Å². The predicted molar refractivity (Wildman–Crippen MR) is 89.7 cm³/mol. The van der Waals surface area contributed by atoms with E-state index in [0.717, 1.165) is 12.0 Å². The van der Waals surface area contributed by atoms with E-state index in [1.807, 2.05) is 36.4 Å². The average molecular weight is 307 g/mol. The van der Waals surface area contributed by atoms with E-state index in [4.69, 9.17) is 10.00 Å². The molecule has 0 radical (unpaired) electrons. The molecule has 0 aliphatic carbocycles. The predicted octanol–water partition coefficient (Wildman–Crippen LogP) is 3.77. The Balaban J connectivity index is 2.16. The highest BCUT2D eigenvalue weighted by Crippen LogP contribution is 2.23. The highest BCUT2D eigenvalue weighted by Gasteiger charge is 2.26. The SMILES string of the molecule is COC(=O)C(Cc1cccc(C#N)c1)C(C)Cc1ccccc1. The quantitative estimate of drug-likeness (QED) is 0.763. The van der Waals surface area contributed by atoms with E-state index in [9.17, 15) is 4.79 Å². The summed E-state index contributed by atoms with van der Waals surface area (Å²) in [7, 11) is 1.43. The second kappa shape index (κ2) is 8.14. The van der Waals surface area contributed by atoms with E-state index in [1.54, 1.807) is 6.07 Å². The van der Waals surface area contributed by atoms with Crippen LogP contribution in [0.4, 0.5) is 0 Å². The van der Waals surface area contributed by atoms with E-state index in [2.05, 4.69) is 25.1 Å². The maximum atomic E-state index is 12.2. The molecule has 0 saturated heterocycles. The smallest absolute Gasteiger partial charge is 0.309 e. The molecule has 0 heterocycles. The van der Waals surface area contributed by atoms with Crippen molar-refractivity contribution in [3.63, 3.8) is 0 Å². The number of rotatable bonds is 6. The second-order valence-corrected chi connectivity index (χ2v) is 5.81. The zero-order chi connectivity index (χ0) is 16.7. The van der Waals surface area contributed by atoms with Crippen LogP contribution in [-0.4, -0.2) is 13.1 Å². The Labute approximate surface area is 137 Å². The van der Waals surface area contributed by atoms with Crippen molar-refractivity contribution in [2.75, 3.05) is 7.11 Å². The third-order valence-electron chi connectivity index (χ3n) is 4.10. The van der Waals surface area contributed by atoms with Gasteiger partial charge < -0.3 is 4.74 Å². The van der Waals surface area contributed by atoms with E-state index >= 15 is 0 Å². The molecular weight excluding hydrogens is 286 g/mol. The van der Waals surface area contributed by atoms with Crippen LogP contribution in [0, 0.1) is 23.2 Å². The van der Waals surface area contributed by atoms with Crippen molar-refractivity contribution in [2.45, 2.75) is 19.8 Å². The van der Waals surface area contributed by atoms with E-state index in [-0.39, 0.29) is 17.8 Å². The van der Waals surface area contributed by atoms with Crippen molar-refractivity contribution < 1.29 is 9.53 Å². The van der Waals surface area contributed by atoms with Crippen LogP contribution in [0.15, 0.2) is 54.6 Å². The van der Waals surface area contributed by atoms with Gasteiger partial charge in [-0.25, -0.2) is 0 Å². The number of benzene rings is 2. The van der Waals surface area contributed by atoms with Crippen molar-refractivity contribution in [3.8, 4) is 6.07 Å². The average Bonchev–Trinajstić information content (AvgIpc) is 2.60. The molecule has 0 bridgehead atoms. The highest BCUT2D eigenvalue weighted by atomic mass is 16.5. The van der Waals surface area contributed by atoms with Crippen molar-refractivity contribution >= 4 is 5.97 Å². The fraction of sp³-hybridized carbons (Fsp3) is 0.300. The van der Waals surface area contributed by atoms with Crippen LogP contribution in [0.3, 0.4) is 0 Å². The normalized spacial score (nSPS) is 12.9. The molecule has 3 nitrogen and oxygen atoms in total.